The molecule has 0 aromatic heterocycles. The Kier molecular flexibility index (Phi) is 6.50. The lowest BCUT2D eigenvalue weighted by Crippen LogP contribution is -2.53. The zero-order chi connectivity index (χ0) is 12.8. The van der Waals surface area contributed by atoms with Gasteiger partial charge in [-0.15, -0.1) is 0 Å². The van der Waals surface area contributed by atoms with Gasteiger partial charge in [0.15, 0.2) is 0 Å². The van der Waals surface area contributed by atoms with Gasteiger partial charge in [0, 0.05) is 18.1 Å². The number of hydrogen-bond acceptors (Lipinski definition) is 2. The van der Waals surface area contributed by atoms with Crippen molar-refractivity contribution in [1.29, 1.82) is 0 Å². The molecule has 17 heavy (non-hydrogen) atoms. The van der Waals surface area contributed by atoms with Crippen LogP contribution in [0.25, 0.3) is 0 Å². The van der Waals surface area contributed by atoms with Crippen molar-refractivity contribution in [2.75, 3.05) is 13.6 Å². The van der Waals surface area contributed by atoms with E-state index in [0.29, 0.717) is 12.1 Å². The van der Waals surface area contributed by atoms with Gasteiger partial charge >= 0.3 is 0 Å². The molecule has 3 unspecified atom stereocenters. The van der Waals surface area contributed by atoms with Crippen LogP contribution >= 0.6 is 0 Å². The quantitative estimate of drug-likeness (QED) is 0.766. The highest BCUT2D eigenvalue weighted by Crippen LogP contribution is 2.25. The van der Waals surface area contributed by atoms with Crippen LogP contribution in [-0.4, -0.2) is 36.6 Å². The second-order valence-corrected chi connectivity index (χ2v) is 6.16. The monoisotopic (exact) mass is 240 g/mol. The number of nitrogens with one attached hydrogen (secondary N) is 1. The van der Waals surface area contributed by atoms with E-state index in [9.17, 15) is 0 Å². The third kappa shape index (κ3) is 4.59. The molecular weight excluding hydrogens is 208 g/mol. The van der Waals surface area contributed by atoms with Gasteiger partial charge in [0.2, 0.25) is 0 Å². The fraction of sp³-hybridized carbons (Fsp3) is 1.00. The van der Waals surface area contributed by atoms with Crippen LogP contribution in [0.5, 0.6) is 0 Å². The van der Waals surface area contributed by atoms with Gasteiger partial charge in [0.25, 0.3) is 0 Å². The Bertz CT molecular complexity index is 201. The number of likely N-dealkylation sites (N-methyl/N-ethyl adjacent to an activating group) is 2. The molecule has 0 spiro atoms. The van der Waals surface area contributed by atoms with Crippen molar-refractivity contribution in [2.45, 2.75) is 77.9 Å². The largest absolute Gasteiger partial charge is 0.313 e. The third-order valence-electron chi connectivity index (χ3n) is 4.23. The van der Waals surface area contributed by atoms with Crippen LogP contribution in [0.1, 0.15) is 59.8 Å². The van der Waals surface area contributed by atoms with E-state index >= 15 is 0 Å². The van der Waals surface area contributed by atoms with E-state index < -0.39 is 0 Å². The minimum Gasteiger partial charge on any atom is -0.313 e. The number of rotatable bonds is 6. The van der Waals surface area contributed by atoms with E-state index in [-0.39, 0.29) is 0 Å². The summed E-state index contributed by atoms with van der Waals surface area (Å²) < 4.78 is 0. The molecular formula is C15H32N2. The van der Waals surface area contributed by atoms with E-state index in [0.717, 1.165) is 18.5 Å². The van der Waals surface area contributed by atoms with E-state index in [1.54, 1.807) is 0 Å². The molecule has 1 aliphatic rings. The van der Waals surface area contributed by atoms with Crippen LogP contribution < -0.4 is 5.32 Å². The lowest BCUT2D eigenvalue weighted by Gasteiger charge is -2.41. The van der Waals surface area contributed by atoms with Crippen LogP contribution in [0.2, 0.25) is 0 Å². The topological polar surface area (TPSA) is 15.3 Å². The van der Waals surface area contributed by atoms with Crippen LogP contribution in [-0.2, 0) is 0 Å². The Hall–Kier alpha value is -0.0800. The Labute approximate surface area is 108 Å². The first-order valence-electron chi connectivity index (χ1n) is 7.51. The summed E-state index contributed by atoms with van der Waals surface area (Å²) in [5, 5.41) is 3.68. The van der Waals surface area contributed by atoms with Crippen molar-refractivity contribution in [3.8, 4) is 0 Å². The van der Waals surface area contributed by atoms with Crippen LogP contribution in [0.4, 0.5) is 0 Å². The van der Waals surface area contributed by atoms with Gasteiger partial charge in [-0.25, -0.2) is 0 Å². The average molecular weight is 240 g/mol. The molecule has 1 saturated carbocycles. The zero-order valence-electron chi connectivity index (χ0n) is 12.5. The van der Waals surface area contributed by atoms with E-state index in [2.05, 4.69) is 45.0 Å². The fourth-order valence-electron chi connectivity index (χ4n) is 3.27. The first kappa shape index (κ1) is 15.0. The summed E-state index contributed by atoms with van der Waals surface area (Å²) in [6.45, 7) is 10.4. The Morgan fingerprint density at radius 3 is 2.41 bits per heavy atom. The molecule has 0 aromatic rings. The van der Waals surface area contributed by atoms with Gasteiger partial charge in [-0.1, -0.05) is 33.6 Å². The number of hydrogen-bond donors (Lipinski definition) is 1. The molecule has 3 atom stereocenters. The molecule has 1 rings (SSSR count). The molecule has 1 fully saturated rings. The van der Waals surface area contributed by atoms with Gasteiger partial charge in [-0.2, -0.15) is 0 Å². The lowest BCUT2D eigenvalue weighted by molar-refractivity contribution is 0.103. The molecule has 1 aliphatic carbocycles. The molecule has 0 bridgehead atoms. The SMILES string of the molecule is CCNC1CCCCC1N(C)C(C)CC(C)C. The summed E-state index contributed by atoms with van der Waals surface area (Å²) in [5.74, 6) is 0.800. The van der Waals surface area contributed by atoms with Crippen molar-refractivity contribution in [3.05, 3.63) is 0 Å². The molecule has 0 aromatic carbocycles. The highest BCUT2D eigenvalue weighted by atomic mass is 15.2. The van der Waals surface area contributed by atoms with Crippen molar-refractivity contribution in [1.82, 2.24) is 10.2 Å². The first-order chi connectivity index (χ1) is 8.06. The summed E-state index contributed by atoms with van der Waals surface area (Å²) in [7, 11) is 2.33. The third-order valence-corrected chi connectivity index (χ3v) is 4.23. The van der Waals surface area contributed by atoms with E-state index in [4.69, 9.17) is 0 Å². The van der Waals surface area contributed by atoms with Gasteiger partial charge in [0.05, 0.1) is 0 Å². The normalized spacial score (nSPS) is 27.7. The summed E-state index contributed by atoms with van der Waals surface area (Å²) in [5.41, 5.74) is 0. The summed E-state index contributed by atoms with van der Waals surface area (Å²) in [6.07, 6.45) is 6.85. The molecule has 1 N–H and O–H groups in total. The van der Waals surface area contributed by atoms with Crippen molar-refractivity contribution in [3.63, 3.8) is 0 Å². The minimum atomic E-state index is 0.708. The van der Waals surface area contributed by atoms with Gasteiger partial charge in [-0.05, 0) is 45.7 Å². The predicted octanol–water partition coefficient (Wildman–Crippen LogP) is 3.27. The Morgan fingerprint density at radius 2 is 1.82 bits per heavy atom. The Morgan fingerprint density at radius 1 is 1.18 bits per heavy atom. The van der Waals surface area contributed by atoms with Crippen molar-refractivity contribution in [2.24, 2.45) is 5.92 Å². The molecule has 102 valence electrons. The maximum Gasteiger partial charge on any atom is 0.0249 e. The molecule has 0 aliphatic heterocycles. The summed E-state index contributed by atoms with van der Waals surface area (Å²) in [6, 6.07) is 2.17. The minimum absolute atomic E-state index is 0.708. The highest BCUT2D eigenvalue weighted by molar-refractivity contribution is 4.88. The number of nitrogens with zero attached hydrogens (tertiary/aromatic N) is 1. The van der Waals surface area contributed by atoms with Gasteiger partial charge < -0.3 is 5.32 Å². The van der Waals surface area contributed by atoms with E-state index in [1.165, 1.54) is 32.1 Å². The molecule has 0 heterocycles. The van der Waals surface area contributed by atoms with Crippen LogP contribution in [0.3, 0.4) is 0 Å². The Balaban J connectivity index is 2.54. The zero-order valence-corrected chi connectivity index (χ0v) is 12.5. The van der Waals surface area contributed by atoms with Gasteiger partial charge in [-0.3, -0.25) is 4.90 Å². The average Bonchev–Trinajstić information content (AvgIpc) is 2.28. The van der Waals surface area contributed by atoms with Crippen molar-refractivity contribution >= 4 is 0 Å². The smallest absolute Gasteiger partial charge is 0.0249 e. The molecule has 2 nitrogen and oxygen atoms in total. The maximum atomic E-state index is 3.68. The predicted molar refractivity (Wildman–Crippen MR) is 76.4 cm³/mol. The first-order valence-corrected chi connectivity index (χ1v) is 7.51. The van der Waals surface area contributed by atoms with Crippen LogP contribution in [0, 0.1) is 5.92 Å². The molecule has 0 radical (unpaired) electrons. The second-order valence-electron chi connectivity index (χ2n) is 6.16. The standard InChI is InChI=1S/C15H32N2/c1-6-16-14-9-7-8-10-15(14)17(5)13(4)11-12(2)3/h12-16H,6-11H2,1-5H3. The molecule has 0 saturated heterocycles. The summed E-state index contributed by atoms with van der Waals surface area (Å²) >= 11 is 0. The highest BCUT2D eigenvalue weighted by Gasteiger charge is 2.29. The van der Waals surface area contributed by atoms with Gasteiger partial charge in [0.1, 0.15) is 0 Å². The fourth-order valence-corrected chi connectivity index (χ4v) is 3.27. The second kappa shape index (κ2) is 7.38. The lowest BCUT2D eigenvalue weighted by atomic mass is 9.88. The van der Waals surface area contributed by atoms with Crippen LogP contribution in [0.15, 0.2) is 0 Å². The van der Waals surface area contributed by atoms with E-state index in [1.807, 2.05) is 0 Å². The molecule has 0 amide bonds. The maximum absolute atomic E-state index is 3.68. The molecule has 2 heteroatoms. The summed E-state index contributed by atoms with van der Waals surface area (Å²) in [4.78, 5) is 2.63. The van der Waals surface area contributed by atoms with Crippen molar-refractivity contribution < 1.29 is 0 Å².